The number of anilines is 1. The molecule has 2 heterocycles. The van der Waals surface area contributed by atoms with E-state index in [2.05, 4.69) is 30.2 Å². The molecule has 19 heteroatoms. The van der Waals surface area contributed by atoms with E-state index >= 15 is 0 Å². The van der Waals surface area contributed by atoms with Crippen molar-refractivity contribution in [1.29, 1.82) is 0 Å². The van der Waals surface area contributed by atoms with E-state index in [1.54, 1.807) is 0 Å². The molecular formula is C17H20ClN5O11S2. The predicted octanol–water partition coefficient (Wildman–Crippen LogP) is -1.34. The molecule has 0 saturated carbocycles. The summed E-state index contributed by atoms with van der Waals surface area (Å²) in [6.45, 7) is 2.55. The lowest BCUT2D eigenvalue weighted by atomic mass is 9.98. The number of amides is 3. The number of hydrogen-bond acceptors (Lipinski definition) is 13. The number of ether oxygens (including phenoxy) is 2. The van der Waals surface area contributed by atoms with E-state index in [4.69, 9.17) is 16.4 Å². The SMILES string of the molecule is COC(=O)[C@H]1[C@@H](NC(=O)/C(=N\OC(C)(C)C(=O)OC)c2csc(NC(=O)CCl)n2)C(=O)N1S(=O)(=O)O. The number of rotatable bonds is 10. The van der Waals surface area contributed by atoms with Crippen LogP contribution < -0.4 is 10.6 Å². The molecule has 0 aliphatic carbocycles. The van der Waals surface area contributed by atoms with Gasteiger partial charge in [-0.1, -0.05) is 5.16 Å². The quantitative estimate of drug-likeness (QED) is 0.0744. The maximum atomic E-state index is 13.0. The van der Waals surface area contributed by atoms with Crippen molar-refractivity contribution in [2.75, 3.05) is 25.4 Å². The molecule has 1 aliphatic rings. The van der Waals surface area contributed by atoms with E-state index in [0.717, 1.165) is 25.6 Å². The standard InChI is InChI=1S/C17H20ClN5O11S2/c1-17(2,15(28)33-4)34-22-9(7-6-35-16(19-7)20-8(24)5-18)12(25)21-10-11(14(27)32-3)23(13(10)26)36(29,30)31/h6,10-11H,5H2,1-4H3,(H,21,25)(H,19,20,24)(H,29,30,31)/b22-9-/t10-,11-/m1/s1. The fourth-order valence-electron chi connectivity index (χ4n) is 2.66. The normalized spacial score (nSPS) is 18.1. The number of alkyl halides is 1. The average Bonchev–Trinajstić information content (AvgIpc) is 3.26. The molecule has 0 unspecified atom stereocenters. The van der Waals surface area contributed by atoms with Gasteiger partial charge >= 0.3 is 22.2 Å². The first-order valence-corrected chi connectivity index (χ1v) is 12.3. The Morgan fingerprint density at radius 2 is 1.92 bits per heavy atom. The lowest BCUT2D eigenvalue weighted by molar-refractivity contribution is -0.165. The van der Waals surface area contributed by atoms with Gasteiger partial charge in [0.2, 0.25) is 11.5 Å². The van der Waals surface area contributed by atoms with Gasteiger partial charge in [0.25, 0.3) is 11.8 Å². The summed E-state index contributed by atoms with van der Waals surface area (Å²) in [5, 5.41) is 9.36. The van der Waals surface area contributed by atoms with Crippen LogP contribution in [0.3, 0.4) is 0 Å². The molecule has 1 aromatic rings. The topological polar surface area (TPSA) is 220 Å². The average molecular weight is 570 g/mol. The van der Waals surface area contributed by atoms with Crippen LogP contribution in [0.2, 0.25) is 0 Å². The first kappa shape index (κ1) is 28.9. The highest BCUT2D eigenvalue weighted by atomic mass is 35.5. The minimum absolute atomic E-state index is 0.00749. The Labute approximate surface area is 212 Å². The third-order valence-electron chi connectivity index (χ3n) is 4.40. The maximum Gasteiger partial charge on any atom is 0.363 e. The van der Waals surface area contributed by atoms with Crippen LogP contribution >= 0.6 is 22.9 Å². The number of oxime groups is 1. The van der Waals surface area contributed by atoms with Crippen LogP contribution in [0.1, 0.15) is 19.5 Å². The van der Waals surface area contributed by atoms with Crippen molar-refractivity contribution in [1.82, 2.24) is 14.6 Å². The summed E-state index contributed by atoms with van der Waals surface area (Å²) >= 11 is 6.30. The summed E-state index contributed by atoms with van der Waals surface area (Å²) in [6, 6.07) is -3.69. The van der Waals surface area contributed by atoms with Crippen molar-refractivity contribution < 1.29 is 51.3 Å². The Morgan fingerprint density at radius 1 is 1.28 bits per heavy atom. The van der Waals surface area contributed by atoms with Crippen LogP contribution in [0.15, 0.2) is 10.5 Å². The maximum absolute atomic E-state index is 13.0. The van der Waals surface area contributed by atoms with Crippen LogP contribution in [0.4, 0.5) is 5.13 Å². The van der Waals surface area contributed by atoms with Gasteiger partial charge in [-0.2, -0.15) is 12.7 Å². The van der Waals surface area contributed by atoms with Crippen LogP contribution in [-0.4, -0.2) is 95.4 Å². The molecule has 36 heavy (non-hydrogen) atoms. The van der Waals surface area contributed by atoms with E-state index in [9.17, 15) is 36.9 Å². The highest BCUT2D eigenvalue weighted by Gasteiger charge is 2.58. The van der Waals surface area contributed by atoms with Gasteiger partial charge in [0.15, 0.2) is 16.9 Å². The van der Waals surface area contributed by atoms with Crippen molar-refractivity contribution in [3.8, 4) is 0 Å². The molecule has 198 valence electrons. The summed E-state index contributed by atoms with van der Waals surface area (Å²) in [6.07, 6.45) is 0. The van der Waals surface area contributed by atoms with E-state index < -0.39 is 63.4 Å². The molecule has 1 aromatic heterocycles. The van der Waals surface area contributed by atoms with Crippen molar-refractivity contribution in [2.45, 2.75) is 31.5 Å². The molecule has 0 aromatic carbocycles. The Kier molecular flexibility index (Phi) is 8.94. The molecule has 0 spiro atoms. The zero-order valence-corrected chi connectivity index (χ0v) is 21.4. The number of thiazole rings is 1. The summed E-state index contributed by atoms with van der Waals surface area (Å²) < 4.78 is 41.0. The van der Waals surface area contributed by atoms with Gasteiger partial charge in [0.05, 0.1) is 14.2 Å². The second-order valence-electron chi connectivity index (χ2n) is 7.28. The van der Waals surface area contributed by atoms with Crippen LogP contribution in [0.5, 0.6) is 0 Å². The van der Waals surface area contributed by atoms with E-state index in [1.165, 1.54) is 19.2 Å². The Hall–Kier alpha value is -3.35. The second kappa shape index (κ2) is 11.1. The number of halogens is 1. The van der Waals surface area contributed by atoms with Crippen molar-refractivity contribution >= 4 is 73.7 Å². The molecule has 3 amide bonds. The van der Waals surface area contributed by atoms with Crippen molar-refractivity contribution in [2.24, 2.45) is 5.16 Å². The fourth-order valence-corrected chi connectivity index (χ4v) is 4.28. The molecule has 3 N–H and O–H groups in total. The zero-order chi connectivity index (χ0) is 27.4. The highest BCUT2D eigenvalue weighted by molar-refractivity contribution is 7.84. The van der Waals surface area contributed by atoms with Gasteiger partial charge in [-0.05, 0) is 13.8 Å². The minimum Gasteiger partial charge on any atom is -0.467 e. The van der Waals surface area contributed by atoms with Gasteiger partial charge in [-0.3, -0.25) is 18.9 Å². The number of methoxy groups -OCH3 is 2. The number of aromatic nitrogens is 1. The van der Waals surface area contributed by atoms with Crippen LogP contribution in [0, 0.1) is 0 Å². The molecule has 0 radical (unpaired) electrons. The van der Waals surface area contributed by atoms with Gasteiger partial charge in [0.1, 0.15) is 17.6 Å². The van der Waals surface area contributed by atoms with E-state index in [0.29, 0.717) is 0 Å². The molecule has 1 saturated heterocycles. The Bertz CT molecular complexity index is 1210. The monoisotopic (exact) mass is 569 g/mol. The summed E-state index contributed by atoms with van der Waals surface area (Å²) in [7, 11) is -3.16. The number of nitrogens with one attached hydrogen (secondary N) is 2. The summed E-state index contributed by atoms with van der Waals surface area (Å²) in [4.78, 5) is 69.9. The molecule has 1 aliphatic heterocycles. The lowest BCUT2D eigenvalue weighted by Gasteiger charge is -2.41. The number of carbonyl (C=O) groups excluding carboxylic acids is 5. The Balaban J connectivity index is 2.41. The zero-order valence-electron chi connectivity index (χ0n) is 19.0. The van der Waals surface area contributed by atoms with E-state index in [-0.39, 0.29) is 21.0 Å². The first-order chi connectivity index (χ1) is 16.7. The molecule has 2 rings (SSSR count). The summed E-state index contributed by atoms with van der Waals surface area (Å²) in [5.74, 6) is -5.63. The molecule has 16 nitrogen and oxygen atoms in total. The van der Waals surface area contributed by atoms with Crippen molar-refractivity contribution in [3.63, 3.8) is 0 Å². The number of nitrogens with zero attached hydrogens (tertiary/aromatic N) is 3. The smallest absolute Gasteiger partial charge is 0.363 e. The minimum atomic E-state index is -5.15. The van der Waals surface area contributed by atoms with Gasteiger partial charge in [-0.15, -0.1) is 22.9 Å². The molecule has 1 fully saturated rings. The summed E-state index contributed by atoms with van der Waals surface area (Å²) in [5.41, 5.74) is -2.51. The van der Waals surface area contributed by atoms with E-state index in [1.807, 2.05) is 0 Å². The third-order valence-corrected chi connectivity index (χ3v) is 6.31. The molecule has 0 bridgehead atoms. The number of hydrogen-bond donors (Lipinski definition) is 3. The number of carbonyl (C=O) groups is 5. The van der Waals surface area contributed by atoms with Gasteiger partial charge in [-0.25, -0.2) is 14.6 Å². The van der Waals surface area contributed by atoms with Crippen LogP contribution in [-0.2, 0) is 48.6 Å². The number of esters is 2. The third kappa shape index (κ3) is 6.25. The lowest BCUT2D eigenvalue weighted by Crippen LogP contribution is -2.74. The van der Waals surface area contributed by atoms with Gasteiger partial charge in [0, 0.05) is 5.38 Å². The Morgan fingerprint density at radius 3 is 2.44 bits per heavy atom. The van der Waals surface area contributed by atoms with Gasteiger partial charge < -0.3 is 24.9 Å². The largest absolute Gasteiger partial charge is 0.467 e. The second-order valence-corrected chi connectivity index (χ2v) is 9.70. The molecule has 2 atom stereocenters. The van der Waals surface area contributed by atoms with Crippen molar-refractivity contribution in [3.05, 3.63) is 11.1 Å². The fraction of sp³-hybridized carbons (Fsp3) is 0.471. The highest BCUT2D eigenvalue weighted by Crippen LogP contribution is 2.25. The number of β-lactam (4-membered cyclic amide) rings is 1. The first-order valence-electron chi connectivity index (χ1n) is 9.53. The molecular weight excluding hydrogens is 550 g/mol. The predicted molar refractivity (Wildman–Crippen MR) is 121 cm³/mol. The van der Waals surface area contributed by atoms with Crippen LogP contribution in [0.25, 0.3) is 0 Å².